The van der Waals surface area contributed by atoms with Crippen molar-refractivity contribution in [2.45, 2.75) is 52.5 Å². The minimum atomic E-state index is -0.936. The molecule has 3 rings (SSSR count). The molecule has 4 heteroatoms. The van der Waals surface area contributed by atoms with Crippen molar-refractivity contribution in [3.63, 3.8) is 0 Å². The van der Waals surface area contributed by atoms with Crippen LogP contribution < -0.4 is 10.6 Å². The monoisotopic (exact) mass is 364 g/mol. The average molecular weight is 364 g/mol. The summed E-state index contributed by atoms with van der Waals surface area (Å²) in [6.45, 7) is 6.10. The summed E-state index contributed by atoms with van der Waals surface area (Å²) in [4.78, 5) is 25.9. The second kappa shape index (κ2) is 7.95. The molecule has 1 fully saturated rings. The van der Waals surface area contributed by atoms with Crippen molar-refractivity contribution in [1.29, 1.82) is 0 Å². The highest BCUT2D eigenvalue weighted by molar-refractivity contribution is 6.13. The highest BCUT2D eigenvalue weighted by Crippen LogP contribution is 2.47. The van der Waals surface area contributed by atoms with Crippen LogP contribution in [0.1, 0.15) is 56.3 Å². The number of benzene rings is 2. The van der Waals surface area contributed by atoms with E-state index < -0.39 is 5.41 Å². The lowest BCUT2D eigenvalue weighted by atomic mass is 9.99. The van der Waals surface area contributed by atoms with Crippen LogP contribution in [0.4, 0.5) is 5.69 Å². The summed E-state index contributed by atoms with van der Waals surface area (Å²) in [6, 6.07) is 15.8. The molecule has 1 unspecified atom stereocenters. The maximum absolute atomic E-state index is 13.0. The van der Waals surface area contributed by atoms with E-state index >= 15 is 0 Å². The van der Waals surface area contributed by atoms with Crippen LogP contribution in [0, 0.1) is 5.41 Å². The van der Waals surface area contributed by atoms with Gasteiger partial charge in [0.1, 0.15) is 5.41 Å². The summed E-state index contributed by atoms with van der Waals surface area (Å²) in [5.74, 6) is -0.362. The number of rotatable bonds is 7. The molecule has 1 aliphatic rings. The second-order valence-electron chi connectivity index (χ2n) is 7.30. The van der Waals surface area contributed by atoms with Crippen LogP contribution in [-0.4, -0.2) is 11.8 Å². The lowest BCUT2D eigenvalue weighted by Gasteiger charge is -2.21. The van der Waals surface area contributed by atoms with Crippen molar-refractivity contribution in [2.75, 3.05) is 5.32 Å². The van der Waals surface area contributed by atoms with E-state index in [0.29, 0.717) is 12.8 Å². The van der Waals surface area contributed by atoms with Gasteiger partial charge >= 0.3 is 0 Å². The van der Waals surface area contributed by atoms with Gasteiger partial charge in [-0.05, 0) is 49.3 Å². The smallest absolute Gasteiger partial charge is 0.240 e. The molecule has 2 N–H and O–H groups in total. The third kappa shape index (κ3) is 3.90. The molecule has 0 bridgehead atoms. The Bertz CT molecular complexity index is 803. The van der Waals surface area contributed by atoms with Crippen molar-refractivity contribution < 1.29 is 9.59 Å². The maximum Gasteiger partial charge on any atom is 0.240 e. The molecule has 0 aromatic heterocycles. The predicted octanol–water partition coefficient (Wildman–Crippen LogP) is 4.41. The molecular weight excluding hydrogens is 336 g/mol. The number of carbonyl (C=O) groups is 2. The van der Waals surface area contributed by atoms with E-state index in [9.17, 15) is 9.59 Å². The zero-order chi connectivity index (χ0) is 19.4. The molecular formula is C23H28N2O2. The minimum absolute atomic E-state index is 0.127. The fourth-order valence-electron chi connectivity index (χ4n) is 3.48. The van der Waals surface area contributed by atoms with E-state index in [1.54, 1.807) is 0 Å². The summed E-state index contributed by atoms with van der Waals surface area (Å²) >= 11 is 0. The lowest BCUT2D eigenvalue weighted by molar-refractivity contribution is -0.134. The van der Waals surface area contributed by atoms with Gasteiger partial charge < -0.3 is 10.6 Å². The van der Waals surface area contributed by atoms with Crippen molar-refractivity contribution >= 4 is 17.5 Å². The maximum atomic E-state index is 13.0. The molecule has 142 valence electrons. The molecule has 0 heterocycles. The first-order valence-corrected chi connectivity index (χ1v) is 9.80. The number of hydrogen-bond donors (Lipinski definition) is 2. The molecule has 4 nitrogen and oxygen atoms in total. The van der Waals surface area contributed by atoms with Gasteiger partial charge in [0.05, 0.1) is 6.04 Å². The molecule has 1 saturated carbocycles. The summed E-state index contributed by atoms with van der Waals surface area (Å²) in [7, 11) is 0. The number of carbonyl (C=O) groups excluding carboxylic acids is 2. The molecule has 1 atom stereocenters. The number of para-hydroxylation sites is 1. The van der Waals surface area contributed by atoms with Gasteiger partial charge in [-0.1, -0.05) is 62.4 Å². The van der Waals surface area contributed by atoms with Crippen molar-refractivity contribution in [2.24, 2.45) is 5.41 Å². The Hall–Kier alpha value is -2.62. The zero-order valence-electron chi connectivity index (χ0n) is 16.3. The van der Waals surface area contributed by atoms with Gasteiger partial charge in [-0.15, -0.1) is 0 Å². The van der Waals surface area contributed by atoms with Gasteiger partial charge in [0, 0.05) is 5.69 Å². The molecule has 27 heavy (non-hydrogen) atoms. The first-order valence-electron chi connectivity index (χ1n) is 9.80. The Kier molecular flexibility index (Phi) is 5.64. The molecule has 0 aliphatic heterocycles. The number of amides is 2. The Morgan fingerprint density at radius 2 is 1.52 bits per heavy atom. The van der Waals surface area contributed by atoms with Gasteiger partial charge in [0.2, 0.25) is 11.8 Å². The zero-order valence-corrected chi connectivity index (χ0v) is 16.3. The number of nitrogens with one attached hydrogen (secondary N) is 2. The van der Waals surface area contributed by atoms with Crippen LogP contribution in [0.2, 0.25) is 0 Å². The van der Waals surface area contributed by atoms with Crippen LogP contribution in [0.5, 0.6) is 0 Å². The van der Waals surface area contributed by atoms with E-state index in [2.05, 4.69) is 24.5 Å². The van der Waals surface area contributed by atoms with Crippen molar-refractivity contribution in [3.05, 3.63) is 65.2 Å². The van der Waals surface area contributed by atoms with Crippen LogP contribution >= 0.6 is 0 Å². The van der Waals surface area contributed by atoms with E-state index in [4.69, 9.17) is 0 Å². The van der Waals surface area contributed by atoms with Gasteiger partial charge in [-0.3, -0.25) is 9.59 Å². The highest BCUT2D eigenvalue weighted by Gasteiger charge is 2.56. The Morgan fingerprint density at radius 1 is 0.926 bits per heavy atom. The molecule has 0 saturated heterocycles. The number of anilines is 1. The fourth-order valence-corrected chi connectivity index (χ4v) is 3.48. The largest absolute Gasteiger partial charge is 0.349 e. The summed E-state index contributed by atoms with van der Waals surface area (Å²) in [5, 5.41) is 6.10. The molecule has 0 radical (unpaired) electrons. The van der Waals surface area contributed by atoms with Crippen molar-refractivity contribution in [1.82, 2.24) is 5.32 Å². The van der Waals surface area contributed by atoms with Gasteiger partial charge in [0.25, 0.3) is 0 Å². The van der Waals surface area contributed by atoms with Gasteiger partial charge in [0.15, 0.2) is 0 Å². The van der Waals surface area contributed by atoms with E-state index in [1.807, 2.05) is 55.5 Å². The van der Waals surface area contributed by atoms with Crippen molar-refractivity contribution in [3.8, 4) is 0 Å². The molecule has 0 spiro atoms. The lowest BCUT2D eigenvalue weighted by Crippen LogP contribution is -2.41. The van der Waals surface area contributed by atoms with Crippen LogP contribution in [0.15, 0.2) is 48.5 Å². The van der Waals surface area contributed by atoms with Gasteiger partial charge in [-0.25, -0.2) is 0 Å². The number of hydrogen-bond acceptors (Lipinski definition) is 2. The molecule has 2 amide bonds. The Labute approximate surface area is 161 Å². The predicted molar refractivity (Wildman–Crippen MR) is 108 cm³/mol. The van der Waals surface area contributed by atoms with E-state index in [0.717, 1.165) is 35.2 Å². The third-order valence-electron chi connectivity index (χ3n) is 5.50. The standard InChI is InChI=1S/C23H28N2O2/c1-4-17-12-9-13-18(5-2)20(17)25-22(27)23(14-15-23)21(26)24-16(3)19-10-7-6-8-11-19/h6-13,16H,4-5,14-15H2,1-3H3,(H,24,26)(H,25,27). The average Bonchev–Trinajstić information content (AvgIpc) is 3.51. The highest BCUT2D eigenvalue weighted by atomic mass is 16.2. The first-order chi connectivity index (χ1) is 13.0. The second-order valence-corrected chi connectivity index (χ2v) is 7.30. The Morgan fingerprint density at radius 3 is 2.04 bits per heavy atom. The quantitative estimate of drug-likeness (QED) is 0.715. The summed E-state index contributed by atoms with van der Waals surface area (Å²) in [5.41, 5.74) is 3.19. The summed E-state index contributed by atoms with van der Waals surface area (Å²) < 4.78 is 0. The van der Waals surface area contributed by atoms with E-state index in [-0.39, 0.29) is 17.9 Å². The molecule has 2 aromatic carbocycles. The number of aryl methyl sites for hydroxylation is 2. The molecule has 2 aromatic rings. The van der Waals surface area contributed by atoms with Crippen LogP contribution in [0.3, 0.4) is 0 Å². The van der Waals surface area contributed by atoms with Crippen LogP contribution in [-0.2, 0) is 22.4 Å². The van der Waals surface area contributed by atoms with E-state index in [1.165, 1.54) is 0 Å². The van der Waals surface area contributed by atoms with Crippen LogP contribution in [0.25, 0.3) is 0 Å². The SMILES string of the molecule is CCc1cccc(CC)c1NC(=O)C1(C(=O)NC(C)c2ccccc2)CC1. The minimum Gasteiger partial charge on any atom is -0.349 e. The third-order valence-corrected chi connectivity index (χ3v) is 5.50. The fraction of sp³-hybridized carbons (Fsp3) is 0.391. The Balaban J connectivity index is 1.74. The topological polar surface area (TPSA) is 58.2 Å². The molecule has 1 aliphatic carbocycles. The summed E-state index contributed by atoms with van der Waals surface area (Å²) in [6.07, 6.45) is 2.88. The normalized spacial score (nSPS) is 15.7. The van der Waals surface area contributed by atoms with Gasteiger partial charge in [-0.2, -0.15) is 0 Å². The first kappa shape index (κ1) is 19.2.